The van der Waals surface area contributed by atoms with Crippen LogP contribution in [0.4, 0.5) is 5.82 Å². The molecule has 0 aliphatic heterocycles. The maximum Gasteiger partial charge on any atom is 0.133 e. The van der Waals surface area contributed by atoms with E-state index >= 15 is 0 Å². The summed E-state index contributed by atoms with van der Waals surface area (Å²) in [5, 5.41) is 5.05. The average Bonchev–Trinajstić information content (AvgIpc) is 2.75. The second kappa shape index (κ2) is 5.04. The molecule has 0 saturated heterocycles. The van der Waals surface area contributed by atoms with Crippen LogP contribution in [-0.2, 0) is 0 Å². The van der Waals surface area contributed by atoms with Crippen molar-refractivity contribution >= 4 is 17.6 Å². The second-order valence-electron chi connectivity index (χ2n) is 4.32. The Morgan fingerprint density at radius 3 is 2.50 bits per heavy atom. The Labute approximate surface area is 101 Å². The molecule has 0 radical (unpaired) electrons. The zero-order chi connectivity index (χ0) is 11.5. The van der Waals surface area contributed by atoms with Gasteiger partial charge in [-0.05, 0) is 26.7 Å². The second-order valence-corrected chi connectivity index (χ2v) is 5.61. The quantitative estimate of drug-likeness (QED) is 0.819. The van der Waals surface area contributed by atoms with Crippen LogP contribution in [-0.4, -0.2) is 22.3 Å². The van der Waals surface area contributed by atoms with Crippen molar-refractivity contribution in [2.45, 2.75) is 49.8 Å². The number of anilines is 1. The maximum absolute atomic E-state index is 4.56. The summed E-state index contributed by atoms with van der Waals surface area (Å²) in [5.74, 6) is 1.82. The fourth-order valence-electron chi connectivity index (χ4n) is 2.12. The Bertz CT molecular complexity index is 373. The number of aryl methyl sites for hydroxylation is 1. The van der Waals surface area contributed by atoms with E-state index in [0.717, 1.165) is 21.9 Å². The molecule has 1 heterocycles. The summed E-state index contributed by atoms with van der Waals surface area (Å²) in [7, 11) is 1.92. The zero-order valence-corrected chi connectivity index (χ0v) is 11.0. The summed E-state index contributed by atoms with van der Waals surface area (Å²) in [6.07, 6.45) is 5.42. The Morgan fingerprint density at radius 1 is 1.19 bits per heavy atom. The summed E-state index contributed by atoms with van der Waals surface area (Å²) >= 11 is 1.93. The van der Waals surface area contributed by atoms with Crippen molar-refractivity contribution < 1.29 is 0 Å². The van der Waals surface area contributed by atoms with E-state index in [2.05, 4.69) is 22.2 Å². The molecule has 1 saturated carbocycles. The molecule has 3 nitrogen and oxygen atoms in total. The van der Waals surface area contributed by atoms with Gasteiger partial charge in [0.1, 0.15) is 16.7 Å². The van der Waals surface area contributed by atoms with Crippen molar-refractivity contribution in [2.75, 3.05) is 12.4 Å². The number of hydrogen-bond acceptors (Lipinski definition) is 4. The largest absolute Gasteiger partial charge is 0.373 e. The molecular formula is C12H19N3S. The van der Waals surface area contributed by atoms with Gasteiger partial charge in [-0.3, -0.25) is 0 Å². The Hall–Kier alpha value is -0.770. The lowest BCUT2D eigenvalue weighted by atomic mass is 10.3. The highest BCUT2D eigenvalue weighted by atomic mass is 32.2. The predicted octanol–water partition coefficient (Wildman–Crippen LogP) is 3.17. The third-order valence-electron chi connectivity index (χ3n) is 3.03. The first-order chi connectivity index (χ1) is 7.70. The fraction of sp³-hybridized carbons (Fsp3) is 0.667. The van der Waals surface area contributed by atoms with Gasteiger partial charge in [0.25, 0.3) is 0 Å². The van der Waals surface area contributed by atoms with E-state index in [4.69, 9.17) is 0 Å². The minimum atomic E-state index is 0.762. The van der Waals surface area contributed by atoms with E-state index in [9.17, 15) is 0 Å². The van der Waals surface area contributed by atoms with Gasteiger partial charge in [0, 0.05) is 17.9 Å². The molecule has 0 aromatic carbocycles. The van der Waals surface area contributed by atoms with Crippen LogP contribution in [0.15, 0.2) is 5.03 Å². The van der Waals surface area contributed by atoms with Crippen molar-refractivity contribution in [3.8, 4) is 0 Å². The molecule has 0 bridgehead atoms. The highest BCUT2D eigenvalue weighted by Gasteiger charge is 2.19. The van der Waals surface area contributed by atoms with Gasteiger partial charge in [-0.15, -0.1) is 11.8 Å². The minimum Gasteiger partial charge on any atom is -0.373 e. The van der Waals surface area contributed by atoms with Crippen molar-refractivity contribution in [3.05, 3.63) is 11.4 Å². The lowest BCUT2D eigenvalue weighted by Crippen LogP contribution is -2.04. The van der Waals surface area contributed by atoms with E-state index in [1.54, 1.807) is 0 Å². The summed E-state index contributed by atoms with van der Waals surface area (Å²) in [5.41, 5.74) is 1.19. The highest BCUT2D eigenvalue weighted by molar-refractivity contribution is 7.99. The number of nitrogens with one attached hydrogen (secondary N) is 1. The van der Waals surface area contributed by atoms with Crippen LogP contribution in [0.1, 0.15) is 37.1 Å². The molecule has 4 heteroatoms. The van der Waals surface area contributed by atoms with Gasteiger partial charge in [0.15, 0.2) is 0 Å². The van der Waals surface area contributed by atoms with E-state index in [0.29, 0.717) is 0 Å². The van der Waals surface area contributed by atoms with Crippen LogP contribution in [0.2, 0.25) is 0 Å². The van der Waals surface area contributed by atoms with Gasteiger partial charge in [0.2, 0.25) is 0 Å². The van der Waals surface area contributed by atoms with Crippen LogP contribution >= 0.6 is 11.8 Å². The molecule has 0 amide bonds. The van der Waals surface area contributed by atoms with Gasteiger partial charge in [-0.2, -0.15) is 0 Å². The van der Waals surface area contributed by atoms with Gasteiger partial charge in [-0.1, -0.05) is 12.8 Å². The van der Waals surface area contributed by atoms with Gasteiger partial charge in [0.05, 0.1) is 0 Å². The molecule has 1 fully saturated rings. The summed E-state index contributed by atoms with van der Waals surface area (Å²) < 4.78 is 0. The summed E-state index contributed by atoms with van der Waals surface area (Å²) in [6.45, 7) is 4.06. The van der Waals surface area contributed by atoms with Gasteiger partial charge in [-0.25, -0.2) is 9.97 Å². The Morgan fingerprint density at radius 2 is 1.88 bits per heavy atom. The lowest BCUT2D eigenvalue weighted by Gasteiger charge is -2.13. The van der Waals surface area contributed by atoms with Crippen LogP contribution in [0.3, 0.4) is 0 Å². The number of aromatic nitrogens is 2. The molecule has 1 aliphatic carbocycles. The van der Waals surface area contributed by atoms with Crippen LogP contribution in [0, 0.1) is 13.8 Å². The van der Waals surface area contributed by atoms with E-state index in [-0.39, 0.29) is 0 Å². The molecule has 2 rings (SSSR count). The van der Waals surface area contributed by atoms with E-state index in [1.165, 1.54) is 31.2 Å². The minimum absolute atomic E-state index is 0.762. The summed E-state index contributed by atoms with van der Waals surface area (Å²) in [6, 6.07) is 0. The molecule has 0 atom stereocenters. The molecule has 1 aromatic rings. The van der Waals surface area contributed by atoms with Crippen molar-refractivity contribution in [1.82, 2.24) is 9.97 Å². The topological polar surface area (TPSA) is 37.8 Å². The number of rotatable bonds is 3. The molecule has 1 aliphatic rings. The first kappa shape index (κ1) is 11.7. The molecule has 16 heavy (non-hydrogen) atoms. The maximum atomic E-state index is 4.56. The fourth-order valence-corrected chi connectivity index (χ4v) is 3.47. The van der Waals surface area contributed by atoms with Crippen LogP contribution < -0.4 is 5.32 Å². The lowest BCUT2D eigenvalue weighted by molar-refractivity contribution is 0.886. The van der Waals surface area contributed by atoms with Gasteiger partial charge < -0.3 is 5.32 Å². The molecule has 0 spiro atoms. The van der Waals surface area contributed by atoms with Crippen molar-refractivity contribution in [1.29, 1.82) is 0 Å². The van der Waals surface area contributed by atoms with E-state index < -0.39 is 0 Å². The molecule has 0 unspecified atom stereocenters. The third kappa shape index (κ3) is 2.48. The molecule has 1 N–H and O–H groups in total. The third-order valence-corrected chi connectivity index (χ3v) is 4.46. The number of thioether (sulfide) groups is 1. The van der Waals surface area contributed by atoms with E-state index in [1.807, 2.05) is 25.7 Å². The first-order valence-corrected chi connectivity index (χ1v) is 6.78. The first-order valence-electron chi connectivity index (χ1n) is 5.90. The predicted molar refractivity (Wildman–Crippen MR) is 69.2 cm³/mol. The molecular weight excluding hydrogens is 218 g/mol. The van der Waals surface area contributed by atoms with Crippen LogP contribution in [0.25, 0.3) is 0 Å². The Kier molecular flexibility index (Phi) is 3.69. The number of hydrogen-bond donors (Lipinski definition) is 1. The Balaban J connectivity index is 2.21. The smallest absolute Gasteiger partial charge is 0.133 e. The summed E-state index contributed by atoms with van der Waals surface area (Å²) in [4.78, 5) is 8.95. The van der Waals surface area contributed by atoms with Crippen molar-refractivity contribution in [2.24, 2.45) is 0 Å². The monoisotopic (exact) mass is 237 g/mol. The average molecular weight is 237 g/mol. The van der Waals surface area contributed by atoms with Crippen molar-refractivity contribution in [3.63, 3.8) is 0 Å². The van der Waals surface area contributed by atoms with Gasteiger partial charge >= 0.3 is 0 Å². The normalized spacial score (nSPS) is 16.7. The van der Waals surface area contributed by atoms with Crippen LogP contribution in [0.5, 0.6) is 0 Å². The zero-order valence-electron chi connectivity index (χ0n) is 10.2. The SMILES string of the molecule is CNc1nc(C)nc(SC2CCCC2)c1C. The number of nitrogens with zero attached hydrogens (tertiary/aromatic N) is 2. The molecule has 1 aromatic heterocycles. The standard InChI is InChI=1S/C12H19N3S/c1-8-11(13-3)14-9(2)15-12(8)16-10-6-4-5-7-10/h10H,4-7H2,1-3H3,(H,13,14,15). The highest BCUT2D eigenvalue weighted by Crippen LogP contribution is 2.36. The molecule has 88 valence electrons.